The van der Waals surface area contributed by atoms with E-state index in [1.807, 2.05) is 7.05 Å². The molecule has 2 heterocycles. The standard InChI is InChI=1S/C13H19N3O2/c1-16(7-2-11-3-8-18-9-4-11)13(17)12-10-14-5-6-15-12/h5-6,10-11H,2-4,7-9H2,1H3. The molecule has 0 aromatic carbocycles. The summed E-state index contributed by atoms with van der Waals surface area (Å²) in [5, 5.41) is 0. The van der Waals surface area contributed by atoms with E-state index in [-0.39, 0.29) is 5.91 Å². The van der Waals surface area contributed by atoms with Crippen LogP contribution < -0.4 is 0 Å². The van der Waals surface area contributed by atoms with E-state index in [1.54, 1.807) is 17.3 Å². The highest BCUT2D eigenvalue weighted by Gasteiger charge is 2.17. The van der Waals surface area contributed by atoms with E-state index in [0.717, 1.165) is 39.0 Å². The quantitative estimate of drug-likeness (QED) is 0.808. The molecule has 5 nitrogen and oxygen atoms in total. The minimum Gasteiger partial charge on any atom is -0.381 e. The number of carbonyl (C=O) groups is 1. The first-order valence-electron chi connectivity index (χ1n) is 6.36. The van der Waals surface area contributed by atoms with Crippen molar-refractivity contribution < 1.29 is 9.53 Å². The highest BCUT2D eigenvalue weighted by atomic mass is 16.5. The molecule has 98 valence electrons. The molecule has 0 saturated carbocycles. The summed E-state index contributed by atoms with van der Waals surface area (Å²) >= 11 is 0. The minimum atomic E-state index is -0.0600. The molecular formula is C13H19N3O2. The first-order chi connectivity index (χ1) is 8.77. The maximum Gasteiger partial charge on any atom is 0.273 e. The number of rotatable bonds is 4. The third-order valence-electron chi connectivity index (χ3n) is 3.34. The van der Waals surface area contributed by atoms with Gasteiger partial charge in [-0.05, 0) is 25.2 Å². The Morgan fingerprint density at radius 1 is 1.44 bits per heavy atom. The predicted molar refractivity (Wildman–Crippen MR) is 67.2 cm³/mol. The summed E-state index contributed by atoms with van der Waals surface area (Å²) in [6, 6.07) is 0. The molecule has 1 fully saturated rings. The van der Waals surface area contributed by atoms with E-state index in [4.69, 9.17) is 4.74 Å². The maximum absolute atomic E-state index is 12.0. The summed E-state index contributed by atoms with van der Waals surface area (Å²) in [5.74, 6) is 0.617. The molecule has 1 aromatic rings. The van der Waals surface area contributed by atoms with Crippen molar-refractivity contribution in [3.8, 4) is 0 Å². The van der Waals surface area contributed by atoms with Gasteiger partial charge in [0.25, 0.3) is 5.91 Å². The summed E-state index contributed by atoms with van der Waals surface area (Å²) in [5.41, 5.74) is 0.409. The zero-order chi connectivity index (χ0) is 12.8. The van der Waals surface area contributed by atoms with E-state index in [0.29, 0.717) is 11.6 Å². The SMILES string of the molecule is CN(CCC1CCOCC1)C(=O)c1cnccn1. The minimum absolute atomic E-state index is 0.0600. The fourth-order valence-corrected chi connectivity index (χ4v) is 2.12. The van der Waals surface area contributed by atoms with Gasteiger partial charge in [-0.25, -0.2) is 4.98 Å². The van der Waals surface area contributed by atoms with Crippen LogP contribution in [0.4, 0.5) is 0 Å². The lowest BCUT2D eigenvalue weighted by Crippen LogP contribution is -2.30. The second-order valence-corrected chi connectivity index (χ2v) is 4.66. The number of hydrogen-bond acceptors (Lipinski definition) is 4. The Labute approximate surface area is 107 Å². The Morgan fingerprint density at radius 2 is 2.22 bits per heavy atom. The Hall–Kier alpha value is -1.49. The molecule has 0 radical (unpaired) electrons. The van der Waals surface area contributed by atoms with Crippen LogP contribution in [0, 0.1) is 5.92 Å². The number of aromatic nitrogens is 2. The van der Waals surface area contributed by atoms with Crippen LogP contribution in [0.2, 0.25) is 0 Å². The molecule has 1 aliphatic heterocycles. The summed E-state index contributed by atoms with van der Waals surface area (Å²) < 4.78 is 5.32. The number of nitrogens with zero attached hydrogens (tertiary/aromatic N) is 3. The van der Waals surface area contributed by atoms with E-state index in [2.05, 4.69) is 9.97 Å². The van der Waals surface area contributed by atoms with Crippen LogP contribution in [0.1, 0.15) is 29.8 Å². The van der Waals surface area contributed by atoms with Crippen LogP contribution in [-0.4, -0.2) is 47.6 Å². The molecular weight excluding hydrogens is 230 g/mol. The van der Waals surface area contributed by atoms with Gasteiger partial charge in [0.2, 0.25) is 0 Å². The summed E-state index contributed by atoms with van der Waals surface area (Å²) in [6.45, 7) is 2.47. The van der Waals surface area contributed by atoms with Gasteiger partial charge < -0.3 is 9.64 Å². The first kappa shape index (κ1) is 13.0. The van der Waals surface area contributed by atoms with Crippen LogP contribution >= 0.6 is 0 Å². The van der Waals surface area contributed by atoms with Crippen molar-refractivity contribution in [2.75, 3.05) is 26.8 Å². The van der Waals surface area contributed by atoms with Crippen molar-refractivity contribution in [1.82, 2.24) is 14.9 Å². The predicted octanol–water partition coefficient (Wildman–Crippen LogP) is 1.37. The lowest BCUT2D eigenvalue weighted by molar-refractivity contribution is 0.0582. The summed E-state index contributed by atoms with van der Waals surface area (Å²) in [7, 11) is 1.82. The monoisotopic (exact) mass is 249 g/mol. The molecule has 2 rings (SSSR count). The van der Waals surface area contributed by atoms with Crippen LogP contribution in [0.5, 0.6) is 0 Å². The molecule has 0 atom stereocenters. The van der Waals surface area contributed by atoms with Gasteiger partial charge in [-0.1, -0.05) is 0 Å². The van der Waals surface area contributed by atoms with Crippen molar-refractivity contribution in [1.29, 1.82) is 0 Å². The lowest BCUT2D eigenvalue weighted by atomic mass is 9.96. The average Bonchev–Trinajstić information content (AvgIpc) is 2.46. The molecule has 18 heavy (non-hydrogen) atoms. The van der Waals surface area contributed by atoms with Gasteiger partial charge in [-0.15, -0.1) is 0 Å². The number of ether oxygens (including phenoxy) is 1. The van der Waals surface area contributed by atoms with Crippen LogP contribution in [0.15, 0.2) is 18.6 Å². The average molecular weight is 249 g/mol. The molecule has 0 spiro atoms. The molecule has 0 N–H and O–H groups in total. The third-order valence-corrected chi connectivity index (χ3v) is 3.34. The van der Waals surface area contributed by atoms with Crippen molar-refractivity contribution in [3.05, 3.63) is 24.3 Å². The molecule has 5 heteroatoms. The van der Waals surface area contributed by atoms with E-state index in [9.17, 15) is 4.79 Å². The topological polar surface area (TPSA) is 55.3 Å². The summed E-state index contributed by atoms with van der Waals surface area (Å²) in [4.78, 5) is 21.7. The third kappa shape index (κ3) is 3.50. The smallest absolute Gasteiger partial charge is 0.273 e. The molecule has 1 aromatic heterocycles. The molecule has 1 saturated heterocycles. The first-order valence-corrected chi connectivity index (χ1v) is 6.36. The maximum atomic E-state index is 12.0. The number of amides is 1. The molecule has 0 bridgehead atoms. The van der Waals surface area contributed by atoms with Crippen LogP contribution in [0.25, 0.3) is 0 Å². The van der Waals surface area contributed by atoms with Gasteiger partial charge in [-0.3, -0.25) is 9.78 Å². The lowest BCUT2D eigenvalue weighted by Gasteiger charge is -2.24. The highest BCUT2D eigenvalue weighted by Crippen LogP contribution is 2.18. The second kappa shape index (κ2) is 6.44. The van der Waals surface area contributed by atoms with Crippen molar-refractivity contribution in [3.63, 3.8) is 0 Å². The zero-order valence-corrected chi connectivity index (χ0v) is 10.7. The highest BCUT2D eigenvalue weighted by molar-refractivity contribution is 5.91. The Bertz CT molecular complexity index is 377. The van der Waals surface area contributed by atoms with E-state index in [1.165, 1.54) is 6.20 Å². The summed E-state index contributed by atoms with van der Waals surface area (Å²) in [6.07, 6.45) is 7.86. The Morgan fingerprint density at radius 3 is 2.89 bits per heavy atom. The normalized spacial score (nSPS) is 16.5. The van der Waals surface area contributed by atoms with Crippen LogP contribution in [-0.2, 0) is 4.74 Å². The zero-order valence-electron chi connectivity index (χ0n) is 10.7. The molecule has 1 aliphatic rings. The van der Waals surface area contributed by atoms with E-state index < -0.39 is 0 Å². The largest absolute Gasteiger partial charge is 0.381 e. The molecule has 0 aliphatic carbocycles. The molecule has 0 unspecified atom stereocenters. The van der Waals surface area contributed by atoms with Crippen molar-refractivity contribution in [2.45, 2.75) is 19.3 Å². The second-order valence-electron chi connectivity index (χ2n) is 4.66. The number of carbonyl (C=O) groups excluding carboxylic acids is 1. The van der Waals surface area contributed by atoms with Gasteiger partial charge in [0.15, 0.2) is 0 Å². The van der Waals surface area contributed by atoms with Gasteiger partial charge in [-0.2, -0.15) is 0 Å². The van der Waals surface area contributed by atoms with Gasteiger partial charge >= 0.3 is 0 Å². The Balaban J connectivity index is 1.80. The fraction of sp³-hybridized carbons (Fsp3) is 0.615. The fourth-order valence-electron chi connectivity index (χ4n) is 2.12. The van der Waals surface area contributed by atoms with Gasteiger partial charge in [0, 0.05) is 39.2 Å². The van der Waals surface area contributed by atoms with Gasteiger partial charge in [0.1, 0.15) is 5.69 Å². The number of hydrogen-bond donors (Lipinski definition) is 0. The van der Waals surface area contributed by atoms with Crippen molar-refractivity contribution in [2.24, 2.45) is 5.92 Å². The Kier molecular flexibility index (Phi) is 4.64. The van der Waals surface area contributed by atoms with Crippen molar-refractivity contribution >= 4 is 5.91 Å². The molecule has 1 amide bonds. The van der Waals surface area contributed by atoms with Gasteiger partial charge in [0.05, 0.1) is 6.20 Å². The van der Waals surface area contributed by atoms with E-state index >= 15 is 0 Å². The van der Waals surface area contributed by atoms with Crippen LogP contribution in [0.3, 0.4) is 0 Å².